The monoisotopic (exact) mass is 272 g/mol. The highest BCUT2D eigenvalue weighted by atomic mass is 16.5. The molecule has 0 spiro atoms. The van der Waals surface area contributed by atoms with Gasteiger partial charge >= 0.3 is 12.0 Å². The van der Waals surface area contributed by atoms with Gasteiger partial charge in [0, 0.05) is 13.1 Å². The first-order valence-electron chi connectivity index (χ1n) is 6.66. The van der Waals surface area contributed by atoms with Crippen molar-refractivity contribution >= 4 is 12.0 Å². The number of nitrogens with zero attached hydrogens (tertiary/aromatic N) is 2. The van der Waals surface area contributed by atoms with E-state index in [0.29, 0.717) is 13.1 Å². The van der Waals surface area contributed by atoms with Crippen molar-refractivity contribution in [3.63, 3.8) is 0 Å². The Kier molecular flexibility index (Phi) is 5.17. The van der Waals surface area contributed by atoms with Gasteiger partial charge in [-0.15, -0.1) is 0 Å². The van der Waals surface area contributed by atoms with E-state index < -0.39 is 11.6 Å². The number of carbonyl (C=O) groups is 2. The molecule has 19 heavy (non-hydrogen) atoms. The molecule has 1 saturated heterocycles. The third-order valence-electron chi connectivity index (χ3n) is 3.53. The van der Waals surface area contributed by atoms with Crippen LogP contribution in [0.3, 0.4) is 0 Å². The summed E-state index contributed by atoms with van der Waals surface area (Å²) in [5.41, 5.74) is -0.525. The maximum Gasteiger partial charge on any atom is 0.329 e. The molecule has 0 radical (unpaired) electrons. The van der Waals surface area contributed by atoms with E-state index in [0.717, 1.165) is 12.8 Å². The molecule has 110 valence electrons. The van der Waals surface area contributed by atoms with Gasteiger partial charge in [-0.3, -0.25) is 0 Å². The fraction of sp³-hybridized carbons (Fsp3) is 0.846. The SMILES string of the molecule is CCCC(C)N(C)C(=O)N1CC(C)(OCC(=O)O)C1. The highest BCUT2D eigenvalue weighted by molar-refractivity contribution is 5.75. The number of likely N-dealkylation sites (tertiary alicyclic amines) is 1. The lowest BCUT2D eigenvalue weighted by Crippen LogP contribution is -2.65. The predicted octanol–water partition coefficient (Wildman–Crippen LogP) is 1.40. The van der Waals surface area contributed by atoms with Crippen molar-refractivity contribution in [1.29, 1.82) is 0 Å². The third-order valence-corrected chi connectivity index (χ3v) is 3.53. The van der Waals surface area contributed by atoms with Gasteiger partial charge in [0.05, 0.1) is 13.1 Å². The summed E-state index contributed by atoms with van der Waals surface area (Å²) in [6.07, 6.45) is 2.01. The van der Waals surface area contributed by atoms with Crippen molar-refractivity contribution in [2.45, 2.75) is 45.3 Å². The zero-order valence-electron chi connectivity index (χ0n) is 12.2. The minimum absolute atomic E-state index is 0.0163. The number of hydrogen-bond donors (Lipinski definition) is 1. The van der Waals surface area contributed by atoms with E-state index in [4.69, 9.17) is 9.84 Å². The average molecular weight is 272 g/mol. The van der Waals surface area contributed by atoms with E-state index in [-0.39, 0.29) is 18.7 Å². The van der Waals surface area contributed by atoms with Crippen molar-refractivity contribution in [2.24, 2.45) is 0 Å². The molecule has 1 aliphatic heterocycles. The molecule has 1 rings (SSSR count). The van der Waals surface area contributed by atoms with Gasteiger partial charge in [0.15, 0.2) is 0 Å². The number of amides is 2. The van der Waals surface area contributed by atoms with Crippen molar-refractivity contribution in [2.75, 3.05) is 26.7 Å². The summed E-state index contributed by atoms with van der Waals surface area (Å²) in [6, 6.07) is 0.196. The van der Waals surface area contributed by atoms with Crippen LogP contribution >= 0.6 is 0 Å². The smallest absolute Gasteiger partial charge is 0.329 e. The number of ether oxygens (including phenoxy) is 1. The molecule has 1 unspecified atom stereocenters. The molecule has 0 aliphatic carbocycles. The van der Waals surface area contributed by atoms with Crippen LogP contribution in [0.25, 0.3) is 0 Å². The van der Waals surface area contributed by atoms with Crippen LogP contribution < -0.4 is 0 Å². The first-order chi connectivity index (χ1) is 8.79. The van der Waals surface area contributed by atoms with E-state index in [2.05, 4.69) is 6.92 Å². The summed E-state index contributed by atoms with van der Waals surface area (Å²) in [6.45, 7) is 6.52. The average Bonchev–Trinajstić information content (AvgIpc) is 2.31. The lowest BCUT2D eigenvalue weighted by atomic mass is 9.97. The molecule has 1 fully saturated rings. The highest BCUT2D eigenvalue weighted by Crippen LogP contribution is 2.26. The Bertz CT molecular complexity index is 340. The standard InChI is InChI=1S/C13H24N2O4/c1-5-6-10(2)14(4)12(18)15-8-13(3,9-15)19-7-11(16)17/h10H,5-9H2,1-4H3,(H,16,17). The molecular formula is C13H24N2O4. The first-order valence-corrected chi connectivity index (χ1v) is 6.66. The Balaban J connectivity index is 2.40. The molecule has 1 heterocycles. The largest absolute Gasteiger partial charge is 0.480 e. The van der Waals surface area contributed by atoms with Crippen molar-refractivity contribution < 1.29 is 19.4 Å². The zero-order valence-corrected chi connectivity index (χ0v) is 12.2. The van der Waals surface area contributed by atoms with Gasteiger partial charge in [0.1, 0.15) is 12.2 Å². The maximum atomic E-state index is 12.1. The van der Waals surface area contributed by atoms with Crippen LogP contribution in [0, 0.1) is 0 Å². The molecular weight excluding hydrogens is 248 g/mol. The van der Waals surface area contributed by atoms with Gasteiger partial charge in [-0.25, -0.2) is 9.59 Å². The molecule has 0 aromatic rings. The van der Waals surface area contributed by atoms with E-state index in [1.54, 1.807) is 16.8 Å². The van der Waals surface area contributed by atoms with Crippen LogP contribution in [0.15, 0.2) is 0 Å². The van der Waals surface area contributed by atoms with Crippen molar-refractivity contribution in [1.82, 2.24) is 9.80 Å². The van der Waals surface area contributed by atoms with E-state index in [9.17, 15) is 9.59 Å². The molecule has 0 saturated carbocycles. The number of carboxylic acid groups (broad SMARTS) is 1. The normalized spacial score (nSPS) is 18.6. The summed E-state index contributed by atoms with van der Waals surface area (Å²) in [7, 11) is 1.80. The van der Waals surface area contributed by atoms with Crippen LogP contribution in [-0.2, 0) is 9.53 Å². The van der Waals surface area contributed by atoms with Crippen LogP contribution in [0.2, 0.25) is 0 Å². The van der Waals surface area contributed by atoms with E-state index >= 15 is 0 Å². The second-order valence-electron chi connectivity index (χ2n) is 5.52. The number of aliphatic carboxylic acids is 1. The minimum Gasteiger partial charge on any atom is -0.480 e. The second-order valence-corrected chi connectivity index (χ2v) is 5.52. The Morgan fingerprint density at radius 1 is 1.47 bits per heavy atom. The maximum absolute atomic E-state index is 12.1. The fourth-order valence-electron chi connectivity index (χ4n) is 2.25. The van der Waals surface area contributed by atoms with Crippen LogP contribution in [0.4, 0.5) is 4.79 Å². The van der Waals surface area contributed by atoms with Gasteiger partial charge < -0.3 is 19.6 Å². The topological polar surface area (TPSA) is 70.1 Å². The van der Waals surface area contributed by atoms with E-state index in [1.165, 1.54) is 0 Å². The van der Waals surface area contributed by atoms with Crippen molar-refractivity contribution in [3.8, 4) is 0 Å². The number of hydrogen-bond acceptors (Lipinski definition) is 3. The van der Waals surface area contributed by atoms with Gasteiger partial charge in [0.25, 0.3) is 0 Å². The second kappa shape index (κ2) is 6.23. The molecule has 0 aromatic heterocycles. The van der Waals surface area contributed by atoms with Gasteiger partial charge in [-0.1, -0.05) is 13.3 Å². The minimum atomic E-state index is -0.986. The number of carboxylic acids is 1. The zero-order chi connectivity index (χ0) is 14.6. The van der Waals surface area contributed by atoms with Crippen LogP contribution in [-0.4, -0.2) is 65.3 Å². The Labute approximate surface area is 114 Å². The van der Waals surface area contributed by atoms with Gasteiger partial charge in [0.2, 0.25) is 0 Å². The molecule has 1 atom stereocenters. The summed E-state index contributed by atoms with van der Waals surface area (Å²) in [5, 5.41) is 8.58. The fourth-order valence-corrected chi connectivity index (χ4v) is 2.25. The highest BCUT2D eigenvalue weighted by Gasteiger charge is 2.44. The van der Waals surface area contributed by atoms with Crippen LogP contribution in [0.1, 0.15) is 33.6 Å². The molecule has 2 amide bonds. The molecule has 1 N–H and O–H groups in total. The summed E-state index contributed by atoms with van der Waals surface area (Å²) in [4.78, 5) is 26.0. The molecule has 0 aromatic carbocycles. The predicted molar refractivity (Wildman–Crippen MR) is 71.1 cm³/mol. The number of carbonyl (C=O) groups excluding carboxylic acids is 1. The number of urea groups is 1. The third kappa shape index (κ3) is 4.09. The molecule has 6 nitrogen and oxygen atoms in total. The van der Waals surface area contributed by atoms with Gasteiger partial charge in [-0.05, 0) is 20.3 Å². The van der Waals surface area contributed by atoms with Crippen LogP contribution in [0.5, 0.6) is 0 Å². The Morgan fingerprint density at radius 2 is 2.05 bits per heavy atom. The molecule has 0 bridgehead atoms. The number of rotatable bonds is 6. The first kappa shape index (κ1) is 15.8. The summed E-state index contributed by atoms with van der Waals surface area (Å²) >= 11 is 0. The molecule has 1 aliphatic rings. The Morgan fingerprint density at radius 3 is 2.53 bits per heavy atom. The Hall–Kier alpha value is -1.30. The summed E-state index contributed by atoms with van der Waals surface area (Å²) < 4.78 is 5.28. The quantitative estimate of drug-likeness (QED) is 0.793. The lowest BCUT2D eigenvalue weighted by Gasteiger charge is -2.48. The van der Waals surface area contributed by atoms with Crippen molar-refractivity contribution in [3.05, 3.63) is 0 Å². The van der Waals surface area contributed by atoms with E-state index in [1.807, 2.05) is 13.8 Å². The van der Waals surface area contributed by atoms with Gasteiger partial charge in [-0.2, -0.15) is 0 Å². The molecule has 6 heteroatoms. The summed E-state index contributed by atoms with van der Waals surface area (Å²) in [5.74, 6) is -0.986. The lowest BCUT2D eigenvalue weighted by molar-refractivity contribution is -0.160.